The fourth-order valence-corrected chi connectivity index (χ4v) is 2.93. The molecule has 18 heavy (non-hydrogen) atoms. The van der Waals surface area contributed by atoms with Gasteiger partial charge in [0, 0.05) is 32.7 Å². The summed E-state index contributed by atoms with van der Waals surface area (Å²) in [4.78, 5) is 14.3. The van der Waals surface area contributed by atoms with Crippen LogP contribution in [0.3, 0.4) is 0 Å². The quantitative estimate of drug-likeness (QED) is 0.813. The number of methoxy groups -OCH3 is 1. The Balaban J connectivity index is 2.56. The van der Waals surface area contributed by atoms with Gasteiger partial charge in [0.25, 0.3) is 0 Å². The molecular formula is C14H28N2O2. The monoisotopic (exact) mass is 256 g/mol. The largest absolute Gasteiger partial charge is 0.383 e. The number of carbonyl (C=O) groups is 1. The first-order valence-corrected chi connectivity index (χ1v) is 6.88. The van der Waals surface area contributed by atoms with Crippen molar-refractivity contribution in [3.63, 3.8) is 0 Å². The summed E-state index contributed by atoms with van der Waals surface area (Å²) < 4.78 is 5.01. The van der Waals surface area contributed by atoms with Crippen LogP contribution in [0.25, 0.3) is 0 Å². The molecule has 0 bridgehead atoms. The van der Waals surface area contributed by atoms with Crippen molar-refractivity contribution in [1.82, 2.24) is 4.90 Å². The van der Waals surface area contributed by atoms with Gasteiger partial charge in [-0.05, 0) is 18.3 Å². The highest BCUT2D eigenvalue weighted by atomic mass is 16.5. The zero-order chi connectivity index (χ0) is 13.8. The predicted molar refractivity (Wildman–Crippen MR) is 73.2 cm³/mol. The van der Waals surface area contributed by atoms with Crippen LogP contribution in [-0.4, -0.2) is 44.2 Å². The molecule has 2 N–H and O–H groups in total. The molecule has 4 heteroatoms. The van der Waals surface area contributed by atoms with E-state index in [1.54, 1.807) is 12.0 Å². The lowest BCUT2D eigenvalue weighted by molar-refractivity contribution is -0.140. The number of nitrogens with zero attached hydrogens (tertiary/aromatic N) is 1. The molecule has 0 aromatic carbocycles. The standard InChI is InChI=1S/C14H28N2O2/c1-14(2)8-6-5-7-12(14)13(17)16(3)9-11(15)10-18-4/h11-12H,5-10,15H2,1-4H3. The minimum atomic E-state index is -0.101. The Morgan fingerprint density at radius 2 is 2.17 bits per heavy atom. The number of ether oxygens (including phenoxy) is 1. The average molecular weight is 256 g/mol. The number of hydrogen-bond donors (Lipinski definition) is 1. The molecule has 2 atom stereocenters. The van der Waals surface area contributed by atoms with Crippen LogP contribution in [0.1, 0.15) is 39.5 Å². The first kappa shape index (κ1) is 15.4. The third-order valence-corrected chi connectivity index (χ3v) is 4.07. The number of hydrogen-bond acceptors (Lipinski definition) is 3. The second-order valence-corrected chi connectivity index (χ2v) is 6.22. The van der Waals surface area contributed by atoms with Gasteiger partial charge in [-0.3, -0.25) is 4.79 Å². The molecule has 0 saturated heterocycles. The number of nitrogens with two attached hydrogens (primary N) is 1. The molecule has 0 heterocycles. The van der Waals surface area contributed by atoms with Gasteiger partial charge in [0.15, 0.2) is 0 Å². The number of carbonyl (C=O) groups excluding carboxylic acids is 1. The van der Waals surface area contributed by atoms with Crippen LogP contribution in [-0.2, 0) is 9.53 Å². The van der Waals surface area contributed by atoms with Crippen LogP contribution in [0.4, 0.5) is 0 Å². The summed E-state index contributed by atoms with van der Waals surface area (Å²) >= 11 is 0. The minimum absolute atomic E-state index is 0.101. The van der Waals surface area contributed by atoms with Gasteiger partial charge < -0.3 is 15.4 Å². The molecule has 0 aliphatic heterocycles. The van der Waals surface area contributed by atoms with Gasteiger partial charge >= 0.3 is 0 Å². The van der Waals surface area contributed by atoms with E-state index < -0.39 is 0 Å². The third-order valence-electron chi connectivity index (χ3n) is 4.07. The van der Waals surface area contributed by atoms with Gasteiger partial charge in [0.05, 0.1) is 6.61 Å². The zero-order valence-corrected chi connectivity index (χ0v) is 12.2. The normalized spacial score (nSPS) is 24.6. The van der Waals surface area contributed by atoms with Crippen LogP contribution in [0.2, 0.25) is 0 Å². The number of amides is 1. The predicted octanol–water partition coefficient (Wildman–Crippen LogP) is 1.63. The van der Waals surface area contributed by atoms with Gasteiger partial charge in [-0.1, -0.05) is 26.7 Å². The lowest BCUT2D eigenvalue weighted by Crippen LogP contribution is -2.47. The van der Waals surface area contributed by atoms with Crippen LogP contribution in [0.5, 0.6) is 0 Å². The Hall–Kier alpha value is -0.610. The van der Waals surface area contributed by atoms with E-state index in [2.05, 4.69) is 13.8 Å². The maximum absolute atomic E-state index is 12.5. The van der Waals surface area contributed by atoms with Crippen molar-refractivity contribution < 1.29 is 9.53 Å². The van der Waals surface area contributed by atoms with E-state index in [1.165, 1.54) is 6.42 Å². The van der Waals surface area contributed by atoms with E-state index in [9.17, 15) is 4.79 Å². The summed E-state index contributed by atoms with van der Waals surface area (Å²) in [6.45, 7) is 5.47. The van der Waals surface area contributed by atoms with Crippen molar-refractivity contribution in [3.05, 3.63) is 0 Å². The highest BCUT2D eigenvalue weighted by Gasteiger charge is 2.38. The summed E-state index contributed by atoms with van der Waals surface area (Å²) in [7, 11) is 3.48. The molecule has 1 saturated carbocycles. The summed E-state index contributed by atoms with van der Waals surface area (Å²) in [5.74, 6) is 0.386. The fourth-order valence-electron chi connectivity index (χ4n) is 2.93. The summed E-state index contributed by atoms with van der Waals surface area (Å²) in [5.41, 5.74) is 6.02. The van der Waals surface area contributed by atoms with E-state index in [4.69, 9.17) is 10.5 Å². The van der Waals surface area contributed by atoms with Crippen molar-refractivity contribution in [2.75, 3.05) is 27.3 Å². The Labute approximate surface area is 111 Å². The van der Waals surface area contributed by atoms with Crippen LogP contribution in [0.15, 0.2) is 0 Å². The molecule has 1 amide bonds. The minimum Gasteiger partial charge on any atom is -0.383 e. The van der Waals surface area contributed by atoms with Crippen molar-refractivity contribution in [2.24, 2.45) is 17.1 Å². The van der Waals surface area contributed by atoms with E-state index in [1.807, 2.05) is 7.05 Å². The number of rotatable bonds is 5. The fraction of sp³-hybridized carbons (Fsp3) is 0.929. The molecule has 0 aromatic heterocycles. The zero-order valence-electron chi connectivity index (χ0n) is 12.2. The Morgan fingerprint density at radius 3 is 2.72 bits per heavy atom. The molecule has 1 fully saturated rings. The second kappa shape index (κ2) is 6.53. The van der Waals surface area contributed by atoms with E-state index in [0.29, 0.717) is 13.2 Å². The lowest BCUT2D eigenvalue weighted by atomic mass is 9.68. The molecule has 1 rings (SSSR count). The molecule has 106 valence electrons. The third kappa shape index (κ3) is 3.95. The van der Waals surface area contributed by atoms with Crippen LogP contribution >= 0.6 is 0 Å². The molecule has 1 aliphatic rings. The van der Waals surface area contributed by atoms with Crippen molar-refractivity contribution in [3.8, 4) is 0 Å². The van der Waals surface area contributed by atoms with E-state index >= 15 is 0 Å². The Kier molecular flexibility index (Phi) is 5.60. The van der Waals surface area contributed by atoms with E-state index in [-0.39, 0.29) is 23.3 Å². The molecule has 0 radical (unpaired) electrons. The molecule has 4 nitrogen and oxygen atoms in total. The van der Waals surface area contributed by atoms with Gasteiger partial charge in [0.1, 0.15) is 0 Å². The second-order valence-electron chi connectivity index (χ2n) is 6.22. The first-order chi connectivity index (χ1) is 8.38. The smallest absolute Gasteiger partial charge is 0.226 e. The Bertz CT molecular complexity index is 279. The first-order valence-electron chi connectivity index (χ1n) is 6.88. The maximum atomic E-state index is 12.5. The van der Waals surface area contributed by atoms with Crippen molar-refractivity contribution >= 4 is 5.91 Å². The van der Waals surface area contributed by atoms with Crippen molar-refractivity contribution in [2.45, 2.75) is 45.6 Å². The highest BCUT2D eigenvalue weighted by molar-refractivity contribution is 5.79. The summed E-state index contributed by atoms with van der Waals surface area (Å²) in [5, 5.41) is 0. The average Bonchev–Trinajstić information content (AvgIpc) is 2.27. The topological polar surface area (TPSA) is 55.6 Å². The van der Waals surface area contributed by atoms with Crippen molar-refractivity contribution in [1.29, 1.82) is 0 Å². The molecule has 0 aromatic rings. The molecule has 0 spiro atoms. The van der Waals surface area contributed by atoms with Crippen LogP contribution < -0.4 is 5.73 Å². The van der Waals surface area contributed by atoms with E-state index in [0.717, 1.165) is 19.3 Å². The SMILES string of the molecule is COCC(N)CN(C)C(=O)C1CCCCC1(C)C. The van der Waals surface area contributed by atoms with Gasteiger partial charge in [-0.15, -0.1) is 0 Å². The molecule has 1 aliphatic carbocycles. The van der Waals surface area contributed by atoms with Crippen LogP contribution in [0, 0.1) is 11.3 Å². The summed E-state index contributed by atoms with van der Waals surface area (Å²) in [6, 6.07) is -0.101. The van der Waals surface area contributed by atoms with Gasteiger partial charge in [0.2, 0.25) is 5.91 Å². The molecular weight excluding hydrogens is 228 g/mol. The van der Waals surface area contributed by atoms with Gasteiger partial charge in [-0.2, -0.15) is 0 Å². The molecule has 2 unspecified atom stereocenters. The highest BCUT2D eigenvalue weighted by Crippen LogP contribution is 2.41. The summed E-state index contributed by atoms with van der Waals surface area (Å²) in [6.07, 6.45) is 4.55. The number of likely N-dealkylation sites (N-methyl/N-ethyl adjacent to an activating group) is 1. The Morgan fingerprint density at radius 1 is 1.50 bits per heavy atom. The van der Waals surface area contributed by atoms with Gasteiger partial charge in [-0.25, -0.2) is 0 Å². The lowest BCUT2D eigenvalue weighted by Gasteiger charge is -2.39. The maximum Gasteiger partial charge on any atom is 0.226 e.